The smallest absolute Gasteiger partial charge is 0.262 e. The molecule has 0 aliphatic rings. The lowest BCUT2D eigenvalue weighted by atomic mass is 10.2. The Hall–Kier alpha value is -2.53. The SMILES string of the molecule is COc1cc(Cl)c(C)cc1NC(=O)COc1ccc(C=O)cc1. The number of hydrogen-bond donors (Lipinski definition) is 1. The molecule has 120 valence electrons. The molecule has 0 atom stereocenters. The number of aryl methyl sites for hydroxylation is 1. The van der Waals surface area contributed by atoms with Gasteiger partial charge in [-0.1, -0.05) is 11.6 Å². The monoisotopic (exact) mass is 333 g/mol. The summed E-state index contributed by atoms with van der Waals surface area (Å²) >= 11 is 6.02. The van der Waals surface area contributed by atoms with Crippen molar-refractivity contribution >= 4 is 29.5 Å². The first kappa shape index (κ1) is 16.8. The average molecular weight is 334 g/mol. The first-order valence-electron chi connectivity index (χ1n) is 6.85. The second-order valence-corrected chi connectivity index (χ2v) is 5.23. The van der Waals surface area contributed by atoms with Crippen LogP contribution in [0.5, 0.6) is 11.5 Å². The summed E-state index contributed by atoms with van der Waals surface area (Å²) in [6.45, 7) is 1.67. The van der Waals surface area contributed by atoms with Gasteiger partial charge in [0.1, 0.15) is 17.8 Å². The number of aldehydes is 1. The summed E-state index contributed by atoms with van der Waals surface area (Å²) in [5.41, 5.74) is 1.90. The minimum atomic E-state index is -0.329. The third kappa shape index (κ3) is 4.47. The second-order valence-electron chi connectivity index (χ2n) is 4.83. The number of rotatable bonds is 6. The maximum atomic E-state index is 12.0. The Morgan fingerprint density at radius 1 is 1.26 bits per heavy atom. The van der Waals surface area contributed by atoms with Gasteiger partial charge in [-0.15, -0.1) is 0 Å². The van der Waals surface area contributed by atoms with E-state index in [4.69, 9.17) is 21.1 Å². The van der Waals surface area contributed by atoms with Gasteiger partial charge in [0.05, 0.1) is 12.8 Å². The highest BCUT2D eigenvalue weighted by Gasteiger charge is 2.11. The van der Waals surface area contributed by atoms with Crippen LogP contribution in [0.4, 0.5) is 5.69 Å². The Labute approximate surface area is 139 Å². The lowest BCUT2D eigenvalue weighted by Gasteiger charge is -2.12. The van der Waals surface area contributed by atoms with Gasteiger partial charge in [0, 0.05) is 16.7 Å². The number of benzene rings is 2. The molecule has 0 saturated heterocycles. The fraction of sp³-hybridized carbons (Fsp3) is 0.176. The third-order valence-electron chi connectivity index (χ3n) is 3.14. The number of anilines is 1. The second kappa shape index (κ2) is 7.65. The molecule has 2 aromatic rings. The zero-order valence-corrected chi connectivity index (χ0v) is 13.5. The summed E-state index contributed by atoms with van der Waals surface area (Å²) in [4.78, 5) is 22.6. The molecule has 0 unspecified atom stereocenters. The zero-order valence-electron chi connectivity index (χ0n) is 12.8. The molecule has 0 aromatic heterocycles. The molecule has 0 spiro atoms. The van der Waals surface area contributed by atoms with Crippen molar-refractivity contribution in [3.63, 3.8) is 0 Å². The molecular formula is C17H16ClNO4. The lowest BCUT2D eigenvalue weighted by Crippen LogP contribution is -2.20. The standard InChI is InChI=1S/C17H16ClNO4/c1-11-7-15(16(22-2)8-14(11)18)19-17(21)10-23-13-5-3-12(9-20)4-6-13/h3-9H,10H2,1-2H3,(H,19,21). The molecule has 0 bridgehead atoms. The normalized spacial score (nSPS) is 10.0. The number of methoxy groups -OCH3 is 1. The summed E-state index contributed by atoms with van der Waals surface area (Å²) in [7, 11) is 1.50. The van der Waals surface area contributed by atoms with Crippen LogP contribution in [0.3, 0.4) is 0 Å². The van der Waals surface area contributed by atoms with Crippen LogP contribution in [0.15, 0.2) is 36.4 Å². The van der Waals surface area contributed by atoms with E-state index >= 15 is 0 Å². The molecule has 0 aliphatic heterocycles. The van der Waals surface area contributed by atoms with E-state index in [1.807, 2.05) is 6.92 Å². The highest BCUT2D eigenvalue weighted by molar-refractivity contribution is 6.31. The van der Waals surface area contributed by atoms with Crippen molar-refractivity contribution in [1.29, 1.82) is 0 Å². The molecule has 0 radical (unpaired) electrons. The van der Waals surface area contributed by atoms with Gasteiger partial charge in [-0.25, -0.2) is 0 Å². The summed E-state index contributed by atoms with van der Waals surface area (Å²) in [5, 5.41) is 3.28. The van der Waals surface area contributed by atoms with E-state index < -0.39 is 0 Å². The molecule has 2 rings (SSSR count). The van der Waals surface area contributed by atoms with Gasteiger partial charge in [-0.2, -0.15) is 0 Å². The molecule has 1 amide bonds. The summed E-state index contributed by atoms with van der Waals surface area (Å²) in [5.74, 6) is 0.652. The molecular weight excluding hydrogens is 318 g/mol. The molecule has 0 fully saturated rings. The van der Waals surface area contributed by atoms with Gasteiger partial charge in [0.15, 0.2) is 6.61 Å². The van der Waals surface area contributed by atoms with Crippen molar-refractivity contribution < 1.29 is 19.1 Å². The first-order valence-corrected chi connectivity index (χ1v) is 7.23. The molecule has 0 saturated carbocycles. The van der Waals surface area contributed by atoms with Crippen molar-refractivity contribution in [2.45, 2.75) is 6.92 Å². The molecule has 2 aromatic carbocycles. The topological polar surface area (TPSA) is 64.6 Å². The fourth-order valence-corrected chi connectivity index (χ4v) is 2.06. The summed E-state index contributed by atoms with van der Waals surface area (Å²) in [6, 6.07) is 9.87. The zero-order chi connectivity index (χ0) is 16.8. The van der Waals surface area contributed by atoms with Crippen LogP contribution >= 0.6 is 11.6 Å². The van der Waals surface area contributed by atoms with Crippen LogP contribution < -0.4 is 14.8 Å². The van der Waals surface area contributed by atoms with Gasteiger partial charge >= 0.3 is 0 Å². The van der Waals surface area contributed by atoms with Gasteiger partial charge in [0.25, 0.3) is 5.91 Å². The van der Waals surface area contributed by atoms with Crippen LogP contribution in [-0.4, -0.2) is 25.9 Å². The van der Waals surface area contributed by atoms with E-state index in [-0.39, 0.29) is 12.5 Å². The lowest BCUT2D eigenvalue weighted by molar-refractivity contribution is -0.118. The molecule has 1 N–H and O–H groups in total. The van der Waals surface area contributed by atoms with E-state index in [1.165, 1.54) is 7.11 Å². The van der Waals surface area contributed by atoms with Crippen LogP contribution in [0, 0.1) is 6.92 Å². The highest BCUT2D eigenvalue weighted by atomic mass is 35.5. The van der Waals surface area contributed by atoms with Crippen molar-refractivity contribution in [3.8, 4) is 11.5 Å². The number of carbonyl (C=O) groups is 2. The molecule has 23 heavy (non-hydrogen) atoms. The van der Waals surface area contributed by atoms with Crippen molar-refractivity contribution in [3.05, 3.63) is 52.5 Å². The van der Waals surface area contributed by atoms with Crippen molar-refractivity contribution in [2.75, 3.05) is 19.0 Å². The number of carbonyl (C=O) groups excluding carboxylic acids is 2. The van der Waals surface area contributed by atoms with Crippen LogP contribution in [0.2, 0.25) is 5.02 Å². The Balaban J connectivity index is 1.99. The number of amides is 1. The van der Waals surface area contributed by atoms with Crippen LogP contribution in [0.1, 0.15) is 15.9 Å². The quantitative estimate of drug-likeness (QED) is 0.822. The number of hydrogen-bond acceptors (Lipinski definition) is 4. The van der Waals surface area contributed by atoms with Gasteiger partial charge in [-0.05, 0) is 42.8 Å². The van der Waals surface area contributed by atoms with Crippen molar-refractivity contribution in [1.82, 2.24) is 0 Å². The number of nitrogens with one attached hydrogen (secondary N) is 1. The van der Waals surface area contributed by atoms with Gasteiger partial charge in [0.2, 0.25) is 0 Å². The van der Waals surface area contributed by atoms with E-state index in [2.05, 4.69) is 5.32 Å². The summed E-state index contributed by atoms with van der Waals surface area (Å²) in [6.07, 6.45) is 0.742. The fourth-order valence-electron chi connectivity index (χ4n) is 1.91. The maximum absolute atomic E-state index is 12.0. The first-order chi connectivity index (χ1) is 11.0. The third-order valence-corrected chi connectivity index (χ3v) is 3.55. The van der Waals surface area contributed by atoms with E-state index in [0.29, 0.717) is 27.8 Å². The predicted molar refractivity (Wildman–Crippen MR) is 88.7 cm³/mol. The van der Waals surface area contributed by atoms with Crippen LogP contribution in [-0.2, 0) is 4.79 Å². The average Bonchev–Trinajstić information content (AvgIpc) is 2.56. The van der Waals surface area contributed by atoms with Gasteiger partial charge < -0.3 is 14.8 Å². The van der Waals surface area contributed by atoms with E-state index in [0.717, 1.165) is 11.8 Å². The Morgan fingerprint density at radius 2 is 1.96 bits per heavy atom. The van der Waals surface area contributed by atoms with E-state index in [9.17, 15) is 9.59 Å². The number of ether oxygens (including phenoxy) is 2. The molecule has 5 nitrogen and oxygen atoms in total. The van der Waals surface area contributed by atoms with Crippen LogP contribution in [0.25, 0.3) is 0 Å². The summed E-state index contributed by atoms with van der Waals surface area (Å²) < 4.78 is 10.6. The Kier molecular flexibility index (Phi) is 5.60. The highest BCUT2D eigenvalue weighted by Crippen LogP contribution is 2.30. The van der Waals surface area contributed by atoms with Gasteiger partial charge in [-0.3, -0.25) is 9.59 Å². The minimum Gasteiger partial charge on any atom is -0.495 e. The minimum absolute atomic E-state index is 0.161. The molecule has 0 aliphatic carbocycles. The predicted octanol–water partition coefficient (Wildman–Crippen LogP) is 3.49. The van der Waals surface area contributed by atoms with E-state index in [1.54, 1.807) is 36.4 Å². The van der Waals surface area contributed by atoms with Crippen molar-refractivity contribution in [2.24, 2.45) is 0 Å². The molecule has 0 heterocycles. The number of halogens is 1. The maximum Gasteiger partial charge on any atom is 0.262 e. The molecule has 6 heteroatoms. The largest absolute Gasteiger partial charge is 0.495 e. The Bertz CT molecular complexity index is 713. The Morgan fingerprint density at radius 3 is 2.57 bits per heavy atom.